The maximum absolute atomic E-state index is 5.25. The van der Waals surface area contributed by atoms with E-state index in [0.717, 1.165) is 33.4 Å². The lowest BCUT2D eigenvalue weighted by Gasteiger charge is -2.18. The third-order valence-corrected chi connectivity index (χ3v) is 10.6. The van der Waals surface area contributed by atoms with Crippen LogP contribution in [0.15, 0.2) is 170 Å². The van der Waals surface area contributed by atoms with Crippen LogP contribution in [0.1, 0.15) is 0 Å². The molecule has 0 aliphatic carbocycles. The van der Waals surface area contributed by atoms with Gasteiger partial charge in [0, 0.05) is 53.2 Å². The Morgan fingerprint density at radius 1 is 0.380 bits per heavy atom. The fourth-order valence-corrected chi connectivity index (χ4v) is 8.35. The maximum Gasteiger partial charge on any atom is 0.166 e. The van der Waals surface area contributed by atoms with E-state index in [1.165, 1.54) is 42.1 Å². The molecule has 0 aliphatic rings. The number of hydrogen-bond acceptors (Lipinski definition) is 4. The maximum atomic E-state index is 5.25. The predicted octanol–water partition coefficient (Wildman–Crippen LogP) is 12.0. The van der Waals surface area contributed by atoms with Gasteiger partial charge in [-0.15, -0.1) is 11.3 Å². The fourth-order valence-electron chi connectivity index (χ4n) is 7.24. The van der Waals surface area contributed by atoms with Crippen LogP contribution in [0.5, 0.6) is 0 Å². The molecular weight excluding hydrogens is 629 g/mol. The van der Waals surface area contributed by atoms with Crippen molar-refractivity contribution in [1.82, 2.24) is 19.5 Å². The number of thiophene rings is 1. The molecule has 0 fully saturated rings. The lowest BCUT2D eigenvalue weighted by atomic mass is 10.0. The number of nitrogens with zero attached hydrogens (tertiary/aromatic N) is 4. The van der Waals surface area contributed by atoms with Crippen LogP contribution in [0, 0.1) is 0 Å². The van der Waals surface area contributed by atoms with Crippen LogP contribution in [0.2, 0.25) is 0 Å². The number of fused-ring (bicyclic) bond motifs is 6. The van der Waals surface area contributed by atoms with E-state index < -0.39 is 0 Å². The van der Waals surface area contributed by atoms with Crippen molar-refractivity contribution in [3.8, 4) is 51.0 Å². The Hall–Kier alpha value is -6.43. The van der Waals surface area contributed by atoms with Crippen LogP contribution in [0.4, 0.5) is 0 Å². The monoisotopic (exact) mass is 656 g/mol. The highest BCUT2D eigenvalue weighted by Gasteiger charge is 2.24. The van der Waals surface area contributed by atoms with Gasteiger partial charge in [-0.2, -0.15) is 0 Å². The minimum Gasteiger partial charge on any atom is -0.307 e. The normalized spacial score (nSPS) is 11.6. The van der Waals surface area contributed by atoms with E-state index in [1.54, 1.807) is 0 Å². The summed E-state index contributed by atoms with van der Waals surface area (Å²) in [5, 5.41) is 4.81. The molecule has 234 valence electrons. The summed E-state index contributed by atoms with van der Waals surface area (Å²) in [7, 11) is 0. The van der Waals surface area contributed by atoms with E-state index in [2.05, 4.69) is 138 Å². The second kappa shape index (κ2) is 11.6. The smallest absolute Gasteiger partial charge is 0.166 e. The lowest BCUT2D eigenvalue weighted by Crippen LogP contribution is -2.04. The third kappa shape index (κ3) is 4.55. The molecule has 0 spiro atoms. The first-order chi connectivity index (χ1) is 24.8. The molecular formula is C45H28N4S. The van der Waals surface area contributed by atoms with Crippen molar-refractivity contribution in [2.24, 2.45) is 0 Å². The van der Waals surface area contributed by atoms with Crippen LogP contribution in [-0.2, 0) is 0 Å². The highest BCUT2D eigenvalue weighted by molar-refractivity contribution is 7.25. The van der Waals surface area contributed by atoms with Crippen LogP contribution >= 0.6 is 11.3 Å². The van der Waals surface area contributed by atoms with Gasteiger partial charge in [0.1, 0.15) is 0 Å². The summed E-state index contributed by atoms with van der Waals surface area (Å²) >= 11 is 1.82. The second-order valence-electron chi connectivity index (χ2n) is 12.4. The highest BCUT2D eigenvalue weighted by atomic mass is 32.1. The largest absolute Gasteiger partial charge is 0.307 e. The summed E-state index contributed by atoms with van der Waals surface area (Å²) in [6.07, 6.45) is 0. The van der Waals surface area contributed by atoms with Gasteiger partial charge in [0.05, 0.1) is 16.7 Å². The molecule has 50 heavy (non-hydrogen) atoms. The number of aromatic nitrogens is 4. The van der Waals surface area contributed by atoms with Crippen molar-refractivity contribution >= 4 is 53.3 Å². The molecule has 7 aromatic carbocycles. The highest BCUT2D eigenvalue weighted by Crippen LogP contribution is 2.46. The summed E-state index contributed by atoms with van der Waals surface area (Å²) in [5.41, 5.74) is 8.54. The van der Waals surface area contributed by atoms with Crippen molar-refractivity contribution < 1.29 is 0 Å². The van der Waals surface area contributed by atoms with E-state index in [9.17, 15) is 0 Å². The van der Waals surface area contributed by atoms with Gasteiger partial charge in [0.15, 0.2) is 17.5 Å². The van der Waals surface area contributed by atoms with Crippen LogP contribution in [-0.4, -0.2) is 19.5 Å². The Kier molecular flexibility index (Phi) is 6.64. The Labute approximate surface area is 292 Å². The van der Waals surface area contributed by atoms with Gasteiger partial charge in [-0.25, -0.2) is 15.0 Å². The van der Waals surface area contributed by atoms with E-state index in [-0.39, 0.29) is 0 Å². The van der Waals surface area contributed by atoms with Crippen LogP contribution < -0.4 is 0 Å². The van der Waals surface area contributed by atoms with Gasteiger partial charge < -0.3 is 4.57 Å². The average Bonchev–Trinajstić information content (AvgIpc) is 3.74. The molecule has 0 amide bonds. The molecule has 0 aliphatic heterocycles. The Balaban J connectivity index is 1.39. The SMILES string of the molecule is c1ccc(-c2nc(-c3ccccc3)nc(-c3ccc4sc5ccccc5c4c3-n3c4ccccc4c4cccc(-c5ccccc5)c43)n2)cc1. The van der Waals surface area contributed by atoms with Gasteiger partial charge in [-0.1, -0.05) is 146 Å². The molecule has 0 bridgehead atoms. The zero-order valence-electron chi connectivity index (χ0n) is 26.9. The quantitative estimate of drug-likeness (QED) is 0.185. The first-order valence-electron chi connectivity index (χ1n) is 16.7. The summed E-state index contributed by atoms with van der Waals surface area (Å²) in [5.74, 6) is 1.92. The minimum atomic E-state index is 0.632. The molecule has 5 heteroatoms. The Morgan fingerprint density at radius 2 is 0.940 bits per heavy atom. The van der Waals surface area contributed by atoms with Crippen molar-refractivity contribution in [2.75, 3.05) is 0 Å². The van der Waals surface area contributed by atoms with Crippen molar-refractivity contribution in [3.05, 3.63) is 170 Å². The molecule has 3 aromatic heterocycles. The van der Waals surface area contributed by atoms with E-state index in [4.69, 9.17) is 15.0 Å². The zero-order valence-corrected chi connectivity index (χ0v) is 27.7. The summed E-state index contributed by atoms with van der Waals surface area (Å²) in [4.78, 5) is 15.5. The van der Waals surface area contributed by atoms with Crippen molar-refractivity contribution in [2.45, 2.75) is 0 Å². The zero-order chi connectivity index (χ0) is 33.0. The number of benzene rings is 7. The van der Waals surface area contributed by atoms with Crippen molar-refractivity contribution in [3.63, 3.8) is 0 Å². The van der Waals surface area contributed by atoms with Gasteiger partial charge in [-0.3, -0.25) is 0 Å². The van der Waals surface area contributed by atoms with Gasteiger partial charge in [0.2, 0.25) is 0 Å². The second-order valence-corrected chi connectivity index (χ2v) is 13.5. The van der Waals surface area contributed by atoms with Crippen LogP contribution in [0.25, 0.3) is 93.0 Å². The fraction of sp³-hybridized carbons (Fsp3) is 0. The first kappa shape index (κ1) is 28.6. The molecule has 0 N–H and O–H groups in total. The predicted molar refractivity (Wildman–Crippen MR) is 209 cm³/mol. The van der Waals surface area contributed by atoms with Gasteiger partial charge in [0.25, 0.3) is 0 Å². The number of para-hydroxylation sites is 2. The Bertz CT molecular complexity index is 2800. The molecule has 0 radical (unpaired) electrons. The Morgan fingerprint density at radius 3 is 1.64 bits per heavy atom. The standard InChI is InChI=1S/C45H28N4S/c1-4-15-29(16-5-1)32-23-14-24-34-33-21-10-12-25-37(33)49(41(32)34)42-36(27-28-39-40(42)35-22-11-13-26-38(35)50-39)45-47-43(30-17-6-2-7-18-30)46-44(48-45)31-19-8-3-9-20-31/h1-28H. The van der Waals surface area contributed by atoms with E-state index in [1.807, 2.05) is 47.7 Å². The molecule has 3 heterocycles. The topological polar surface area (TPSA) is 43.6 Å². The first-order valence-corrected chi connectivity index (χ1v) is 17.5. The molecule has 0 saturated carbocycles. The summed E-state index contributed by atoms with van der Waals surface area (Å²) in [6.45, 7) is 0. The lowest BCUT2D eigenvalue weighted by molar-refractivity contribution is 1.07. The van der Waals surface area contributed by atoms with E-state index in [0.29, 0.717) is 17.5 Å². The minimum absolute atomic E-state index is 0.632. The molecule has 0 unspecified atom stereocenters. The van der Waals surface area contributed by atoms with Gasteiger partial charge in [-0.05, 0) is 29.8 Å². The van der Waals surface area contributed by atoms with E-state index >= 15 is 0 Å². The molecule has 4 nitrogen and oxygen atoms in total. The average molecular weight is 657 g/mol. The summed E-state index contributed by atoms with van der Waals surface area (Å²) in [6, 6.07) is 59.6. The molecule has 0 saturated heterocycles. The third-order valence-electron chi connectivity index (χ3n) is 9.46. The summed E-state index contributed by atoms with van der Waals surface area (Å²) < 4.78 is 4.93. The van der Waals surface area contributed by atoms with Crippen molar-refractivity contribution in [1.29, 1.82) is 0 Å². The molecule has 10 aromatic rings. The number of rotatable bonds is 5. The van der Waals surface area contributed by atoms with Gasteiger partial charge >= 0.3 is 0 Å². The molecule has 10 rings (SSSR count). The molecule has 0 atom stereocenters. The van der Waals surface area contributed by atoms with Crippen LogP contribution in [0.3, 0.4) is 0 Å². The number of hydrogen-bond donors (Lipinski definition) is 0.